The van der Waals surface area contributed by atoms with E-state index in [0.717, 1.165) is 12.8 Å². The van der Waals surface area contributed by atoms with E-state index in [4.69, 9.17) is 14.2 Å². The zero-order valence-corrected chi connectivity index (χ0v) is 10.8. The molecule has 4 heteroatoms. The van der Waals surface area contributed by atoms with E-state index in [0.29, 0.717) is 19.6 Å². The number of carbonyl (C=O) groups is 1. The van der Waals surface area contributed by atoms with Crippen LogP contribution in [0.4, 0.5) is 0 Å². The van der Waals surface area contributed by atoms with Gasteiger partial charge in [-0.15, -0.1) is 0 Å². The summed E-state index contributed by atoms with van der Waals surface area (Å²) >= 11 is 0. The molecule has 0 fully saturated rings. The molecule has 16 heavy (non-hydrogen) atoms. The van der Waals surface area contributed by atoms with Crippen LogP contribution in [-0.4, -0.2) is 38.5 Å². The summed E-state index contributed by atoms with van der Waals surface area (Å²) < 4.78 is 15.6. The van der Waals surface area contributed by atoms with E-state index < -0.39 is 0 Å². The summed E-state index contributed by atoms with van der Waals surface area (Å²) in [7, 11) is 1.63. The molecule has 0 saturated heterocycles. The van der Waals surface area contributed by atoms with Gasteiger partial charge in [-0.1, -0.05) is 13.3 Å². The number of ether oxygens (including phenoxy) is 3. The fourth-order valence-electron chi connectivity index (χ4n) is 1.22. The van der Waals surface area contributed by atoms with Crippen LogP contribution in [0.3, 0.4) is 0 Å². The number of esters is 1. The molecule has 0 aliphatic heterocycles. The SMILES string of the molecule is CCCCC(=O)OC(C)COC(C)COC. The highest BCUT2D eigenvalue weighted by Gasteiger charge is 2.11. The van der Waals surface area contributed by atoms with E-state index in [-0.39, 0.29) is 18.2 Å². The topological polar surface area (TPSA) is 44.8 Å². The molecule has 0 aromatic rings. The minimum Gasteiger partial charge on any atom is -0.460 e. The van der Waals surface area contributed by atoms with Crippen LogP contribution < -0.4 is 0 Å². The predicted octanol–water partition coefficient (Wildman–Crippen LogP) is 2.16. The van der Waals surface area contributed by atoms with Crippen LogP contribution in [0.1, 0.15) is 40.0 Å². The highest BCUT2D eigenvalue weighted by atomic mass is 16.6. The van der Waals surface area contributed by atoms with Gasteiger partial charge >= 0.3 is 5.97 Å². The third kappa shape index (κ3) is 8.68. The van der Waals surface area contributed by atoms with Crippen LogP contribution in [0, 0.1) is 0 Å². The smallest absolute Gasteiger partial charge is 0.306 e. The molecule has 0 rings (SSSR count). The number of methoxy groups -OCH3 is 1. The summed E-state index contributed by atoms with van der Waals surface area (Å²) in [4.78, 5) is 11.3. The quantitative estimate of drug-likeness (QED) is 0.571. The molecule has 0 aromatic carbocycles. The lowest BCUT2D eigenvalue weighted by molar-refractivity contribution is -0.152. The summed E-state index contributed by atoms with van der Waals surface area (Å²) in [5.41, 5.74) is 0. The van der Waals surface area contributed by atoms with Gasteiger partial charge in [-0.25, -0.2) is 0 Å². The maximum atomic E-state index is 11.3. The average Bonchev–Trinajstić information content (AvgIpc) is 2.24. The molecule has 0 spiro atoms. The fraction of sp³-hybridized carbons (Fsp3) is 0.917. The minimum absolute atomic E-state index is 0.0294. The number of unbranched alkanes of at least 4 members (excludes halogenated alkanes) is 1. The Bertz CT molecular complexity index is 182. The molecule has 0 N–H and O–H groups in total. The predicted molar refractivity (Wildman–Crippen MR) is 62.4 cm³/mol. The van der Waals surface area contributed by atoms with Gasteiger partial charge < -0.3 is 14.2 Å². The molecule has 0 saturated carbocycles. The minimum atomic E-state index is -0.191. The Morgan fingerprint density at radius 3 is 2.44 bits per heavy atom. The summed E-state index contributed by atoms with van der Waals surface area (Å²) in [6.07, 6.45) is 2.22. The molecule has 0 bridgehead atoms. The molecule has 96 valence electrons. The maximum absolute atomic E-state index is 11.3. The van der Waals surface area contributed by atoms with Crippen LogP contribution in [0.15, 0.2) is 0 Å². The van der Waals surface area contributed by atoms with Gasteiger partial charge in [-0.05, 0) is 20.3 Å². The van der Waals surface area contributed by atoms with Crippen LogP contribution in [0.2, 0.25) is 0 Å². The fourth-order valence-corrected chi connectivity index (χ4v) is 1.22. The Balaban J connectivity index is 3.57. The Morgan fingerprint density at radius 1 is 1.19 bits per heavy atom. The lowest BCUT2D eigenvalue weighted by atomic mass is 10.2. The van der Waals surface area contributed by atoms with Gasteiger partial charge in [-0.2, -0.15) is 0 Å². The van der Waals surface area contributed by atoms with Gasteiger partial charge in [0.1, 0.15) is 6.10 Å². The first-order chi connectivity index (χ1) is 7.60. The van der Waals surface area contributed by atoms with E-state index in [1.165, 1.54) is 0 Å². The van der Waals surface area contributed by atoms with E-state index in [9.17, 15) is 4.79 Å². The number of hydrogen-bond acceptors (Lipinski definition) is 4. The van der Waals surface area contributed by atoms with E-state index in [1.807, 2.05) is 20.8 Å². The normalized spacial score (nSPS) is 14.5. The zero-order valence-electron chi connectivity index (χ0n) is 10.8. The maximum Gasteiger partial charge on any atom is 0.306 e. The largest absolute Gasteiger partial charge is 0.460 e. The van der Waals surface area contributed by atoms with Crippen molar-refractivity contribution in [3.8, 4) is 0 Å². The monoisotopic (exact) mass is 232 g/mol. The second kappa shape index (κ2) is 9.60. The van der Waals surface area contributed by atoms with Gasteiger partial charge in [0.25, 0.3) is 0 Å². The van der Waals surface area contributed by atoms with Crippen LogP contribution in [0.25, 0.3) is 0 Å². The van der Waals surface area contributed by atoms with Gasteiger partial charge in [0.05, 0.1) is 19.3 Å². The van der Waals surface area contributed by atoms with Crippen molar-refractivity contribution in [3.63, 3.8) is 0 Å². The third-order valence-electron chi connectivity index (χ3n) is 2.08. The highest BCUT2D eigenvalue weighted by Crippen LogP contribution is 2.02. The molecular formula is C12H24O4. The second-order valence-electron chi connectivity index (χ2n) is 4.00. The lowest BCUT2D eigenvalue weighted by Crippen LogP contribution is -2.25. The molecule has 0 heterocycles. The van der Waals surface area contributed by atoms with Crippen molar-refractivity contribution in [2.75, 3.05) is 20.3 Å². The van der Waals surface area contributed by atoms with Gasteiger partial charge in [-0.3, -0.25) is 4.79 Å². The first kappa shape index (κ1) is 15.4. The van der Waals surface area contributed by atoms with Crippen molar-refractivity contribution < 1.29 is 19.0 Å². The van der Waals surface area contributed by atoms with E-state index in [2.05, 4.69) is 0 Å². The molecule has 0 aliphatic carbocycles. The van der Waals surface area contributed by atoms with E-state index in [1.54, 1.807) is 7.11 Å². The van der Waals surface area contributed by atoms with Crippen molar-refractivity contribution in [1.29, 1.82) is 0 Å². The molecule has 0 aromatic heterocycles. The van der Waals surface area contributed by atoms with Crippen LogP contribution >= 0.6 is 0 Å². The first-order valence-electron chi connectivity index (χ1n) is 5.90. The summed E-state index contributed by atoms with van der Waals surface area (Å²) in [6, 6.07) is 0. The standard InChI is InChI=1S/C12H24O4/c1-5-6-7-12(13)16-11(3)9-15-10(2)8-14-4/h10-11H,5-9H2,1-4H3. The third-order valence-corrected chi connectivity index (χ3v) is 2.08. The van der Waals surface area contributed by atoms with Crippen molar-refractivity contribution in [1.82, 2.24) is 0 Å². The molecule has 0 radical (unpaired) electrons. The van der Waals surface area contributed by atoms with Crippen LogP contribution in [-0.2, 0) is 19.0 Å². The lowest BCUT2D eigenvalue weighted by Gasteiger charge is -2.17. The molecular weight excluding hydrogens is 208 g/mol. The molecule has 4 nitrogen and oxygen atoms in total. The van der Waals surface area contributed by atoms with Gasteiger partial charge in [0.2, 0.25) is 0 Å². The first-order valence-corrected chi connectivity index (χ1v) is 5.90. The van der Waals surface area contributed by atoms with Gasteiger partial charge in [0.15, 0.2) is 0 Å². The average molecular weight is 232 g/mol. The Labute approximate surface area is 98.3 Å². The summed E-state index contributed by atoms with van der Waals surface area (Å²) in [5.74, 6) is -0.141. The Hall–Kier alpha value is -0.610. The molecule has 0 aliphatic rings. The highest BCUT2D eigenvalue weighted by molar-refractivity contribution is 5.69. The Morgan fingerprint density at radius 2 is 1.88 bits per heavy atom. The second-order valence-corrected chi connectivity index (χ2v) is 4.00. The molecule has 2 atom stereocenters. The van der Waals surface area contributed by atoms with Crippen LogP contribution in [0.5, 0.6) is 0 Å². The van der Waals surface area contributed by atoms with Gasteiger partial charge in [0, 0.05) is 13.5 Å². The van der Waals surface area contributed by atoms with Crippen molar-refractivity contribution >= 4 is 5.97 Å². The van der Waals surface area contributed by atoms with Crippen molar-refractivity contribution in [2.45, 2.75) is 52.2 Å². The van der Waals surface area contributed by atoms with E-state index >= 15 is 0 Å². The molecule has 0 amide bonds. The zero-order chi connectivity index (χ0) is 12.4. The number of rotatable bonds is 9. The number of hydrogen-bond donors (Lipinski definition) is 0. The van der Waals surface area contributed by atoms with Crippen molar-refractivity contribution in [3.05, 3.63) is 0 Å². The van der Waals surface area contributed by atoms with Crippen molar-refractivity contribution in [2.24, 2.45) is 0 Å². The summed E-state index contributed by atoms with van der Waals surface area (Å²) in [5, 5.41) is 0. The number of carbonyl (C=O) groups excluding carboxylic acids is 1. The Kier molecular flexibility index (Phi) is 9.24. The molecule has 2 unspecified atom stereocenters. The summed E-state index contributed by atoms with van der Waals surface area (Å²) in [6.45, 7) is 6.78.